The second kappa shape index (κ2) is 12.4. The van der Waals surface area contributed by atoms with Crippen molar-refractivity contribution in [3.63, 3.8) is 0 Å². The highest BCUT2D eigenvalue weighted by molar-refractivity contribution is 7.13. The summed E-state index contributed by atoms with van der Waals surface area (Å²) >= 11 is 1.18. The largest absolute Gasteiger partial charge is 0.437 e. The van der Waals surface area contributed by atoms with E-state index in [2.05, 4.69) is 27.3 Å². The normalized spacial score (nSPS) is 13.1. The number of nitrogens with zero attached hydrogens (tertiary/aromatic N) is 4. The quantitative estimate of drug-likeness (QED) is 0.325. The molecule has 0 bridgehead atoms. The molecule has 0 fully saturated rings. The van der Waals surface area contributed by atoms with Crippen molar-refractivity contribution in [2.75, 3.05) is 5.32 Å². The van der Waals surface area contributed by atoms with Crippen LogP contribution in [0.3, 0.4) is 0 Å². The molecular formula is C25H32N6O4S. The number of nitrogens with two attached hydrogens (primary N) is 1. The van der Waals surface area contributed by atoms with Crippen molar-refractivity contribution < 1.29 is 19.1 Å². The van der Waals surface area contributed by atoms with Crippen molar-refractivity contribution >= 4 is 34.3 Å². The molecule has 3 aromatic rings. The highest BCUT2D eigenvalue weighted by Crippen LogP contribution is 2.32. The zero-order valence-corrected chi connectivity index (χ0v) is 21.5. The second-order valence-electron chi connectivity index (χ2n) is 9.29. The van der Waals surface area contributed by atoms with Gasteiger partial charge < -0.3 is 10.5 Å². The van der Waals surface area contributed by atoms with Crippen molar-refractivity contribution in [3.8, 4) is 11.3 Å². The SMILES string of the molecule is CC[C@@H](CCCC(C)(C)[C@H](OC(N)=O)C(=O)C(=O)Nc1nccs1)Cn1ccc(-c2cccnc2)n1. The van der Waals surface area contributed by atoms with Gasteiger partial charge >= 0.3 is 6.09 Å². The summed E-state index contributed by atoms with van der Waals surface area (Å²) in [6.07, 6.45) is 7.75. The molecule has 10 nitrogen and oxygen atoms in total. The van der Waals surface area contributed by atoms with E-state index < -0.39 is 29.3 Å². The molecule has 0 spiro atoms. The number of hydrogen-bond donors (Lipinski definition) is 2. The minimum atomic E-state index is -1.30. The van der Waals surface area contributed by atoms with E-state index in [9.17, 15) is 14.4 Å². The number of anilines is 1. The van der Waals surface area contributed by atoms with Gasteiger partial charge in [0.1, 0.15) is 0 Å². The highest BCUT2D eigenvalue weighted by atomic mass is 32.1. The Bertz CT molecular complexity index is 1150. The number of nitrogens with one attached hydrogen (secondary N) is 1. The molecule has 3 N–H and O–H groups in total. The number of rotatable bonds is 13. The minimum Gasteiger partial charge on any atom is -0.437 e. The van der Waals surface area contributed by atoms with Crippen molar-refractivity contribution in [2.45, 2.75) is 59.1 Å². The van der Waals surface area contributed by atoms with Gasteiger partial charge in [0, 0.05) is 47.7 Å². The molecule has 192 valence electrons. The number of ether oxygens (including phenoxy) is 1. The molecular weight excluding hydrogens is 480 g/mol. The Balaban J connectivity index is 1.58. The number of thiazole rings is 1. The van der Waals surface area contributed by atoms with E-state index in [1.807, 2.05) is 29.1 Å². The fourth-order valence-electron chi connectivity index (χ4n) is 4.05. The number of primary amides is 1. The van der Waals surface area contributed by atoms with Gasteiger partial charge in [0.25, 0.3) is 11.7 Å². The predicted octanol–water partition coefficient (Wildman–Crippen LogP) is 4.30. The minimum absolute atomic E-state index is 0.292. The molecule has 3 heterocycles. The lowest BCUT2D eigenvalue weighted by Crippen LogP contribution is -2.46. The molecule has 0 saturated heterocycles. The topological polar surface area (TPSA) is 142 Å². The average Bonchev–Trinajstić information content (AvgIpc) is 3.54. The van der Waals surface area contributed by atoms with Gasteiger partial charge in [-0.3, -0.25) is 24.6 Å². The monoisotopic (exact) mass is 512 g/mol. The van der Waals surface area contributed by atoms with E-state index in [0.717, 1.165) is 37.1 Å². The Morgan fingerprint density at radius 3 is 2.69 bits per heavy atom. The molecule has 0 unspecified atom stereocenters. The lowest BCUT2D eigenvalue weighted by molar-refractivity contribution is -0.144. The summed E-state index contributed by atoms with van der Waals surface area (Å²) in [5.74, 6) is -1.39. The van der Waals surface area contributed by atoms with Gasteiger partial charge in [-0.2, -0.15) is 5.10 Å². The van der Waals surface area contributed by atoms with Gasteiger partial charge in [0.2, 0.25) is 0 Å². The second-order valence-corrected chi connectivity index (χ2v) is 10.2. The summed E-state index contributed by atoms with van der Waals surface area (Å²) in [4.78, 5) is 45.0. The zero-order chi connectivity index (χ0) is 26.1. The van der Waals surface area contributed by atoms with E-state index in [4.69, 9.17) is 10.5 Å². The maximum Gasteiger partial charge on any atom is 0.405 e. The van der Waals surface area contributed by atoms with Gasteiger partial charge in [-0.25, -0.2) is 9.78 Å². The Morgan fingerprint density at radius 1 is 1.25 bits per heavy atom. The van der Waals surface area contributed by atoms with Gasteiger partial charge in [0.15, 0.2) is 11.2 Å². The number of aromatic nitrogens is 4. The van der Waals surface area contributed by atoms with Gasteiger partial charge in [-0.1, -0.05) is 33.6 Å². The van der Waals surface area contributed by atoms with Crippen LogP contribution in [0.15, 0.2) is 48.4 Å². The average molecular weight is 513 g/mol. The third-order valence-corrected chi connectivity index (χ3v) is 6.80. The van der Waals surface area contributed by atoms with Gasteiger partial charge in [-0.05, 0) is 37.0 Å². The number of carbonyl (C=O) groups excluding carboxylic acids is 3. The fraction of sp³-hybridized carbons (Fsp3) is 0.440. The third-order valence-electron chi connectivity index (χ3n) is 6.11. The van der Waals surface area contributed by atoms with Crippen LogP contribution >= 0.6 is 11.3 Å². The van der Waals surface area contributed by atoms with Crippen LogP contribution in [-0.2, 0) is 20.9 Å². The molecule has 0 aromatic carbocycles. The molecule has 36 heavy (non-hydrogen) atoms. The molecule has 0 radical (unpaired) electrons. The molecule has 0 aliphatic rings. The van der Waals surface area contributed by atoms with E-state index in [0.29, 0.717) is 17.5 Å². The van der Waals surface area contributed by atoms with Crippen molar-refractivity contribution in [3.05, 3.63) is 48.4 Å². The van der Waals surface area contributed by atoms with Crippen LogP contribution in [0, 0.1) is 11.3 Å². The Hall–Kier alpha value is -3.60. The summed E-state index contributed by atoms with van der Waals surface area (Å²) < 4.78 is 7.07. The van der Waals surface area contributed by atoms with Crippen LogP contribution < -0.4 is 11.1 Å². The molecule has 3 aromatic heterocycles. The molecule has 11 heteroatoms. The summed E-state index contributed by atoms with van der Waals surface area (Å²) in [7, 11) is 0. The Morgan fingerprint density at radius 2 is 2.06 bits per heavy atom. The van der Waals surface area contributed by atoms with E-state index >= 15 is 0 Å². The summed E-state index contributed by atoms with van der Waals surface area (Å²) in [5, 5.41) is 9.08. The third kappa shape index (κ3) is 7.45. The van der Waals surface area contributed by atoms with Gasteiger partial charge in [0.05, 0.1) is 5.69 Å². The maximum absolute atomic E-state index is 12.9. The molecule has 2 atom stereocenters. The number of Topliss-reactive ketones (excluding diaryl/α,β-unsaturated/α-hetero) is 1. The van der Waals surface area contributed by atoms with Crippen molar-refractivity contribution in [1.29, 1.82) is 0 Å². The van der Waals surface area contributed by atoms with Crippen LogP contribution in [0.4, 0.5) is 9.93 Å². The molecule has 0 aliphatic carbocycles. The Labute approximate surface area is 214 Å². The lowest BCUT2D eigenvalue weighted by atomic mass is 9.78. The summed E-state index contributed by atoms with van der Waals surface area (Å²) in [5.41, 5.74) is 6.26. The van der Waals surface area contributed by atoms with Crippen LogP contribution in [0.2, 0.25) is 0 Å². The first-order valence-electron chi connectivity index (χ1n) is 11.8. The predicted molar refractivity (Wildman–Crippen MR) is 137 cm³/mol. The zero-order valence-electron chi connectivity index (χ0n) is 20.7. The Kier molecular flexibility index (Phi) is 9.29. The maximum atomic E-state index is 12.9. The number of amides is 2. The van der Waals surface area contributed by atoms with E-state index in [-0.39, 0.29) is 0 Å². The standard InChI is InChI=1S/C25H32N6O4S/c1-4-17(16-31-13-9-19(30-31)18-8-6-11-27-15-18)7-5-10-25(2,3)21(35-23(26)34)20(32)22(33)29-24-28-12-14-36-24/h6,8-9,11-15,17,21H,4-5,7,10,16H2,1-3H3,(H2,26,34)(H,28,29,33)/t17-,21+/m0/s1. The van der Waals surface area contributed by atoms with E-state index in [1.54, 1.807) is 31.6 Å². The first-order chi connectivity index (χ1) is 17.2. The number of ketones is 1. The number of pyridine rings is 1. The van der Waals surface area contributed by atoms with Crippen LogP contribution in [-0.4, -0.2) is 43.6 Å². The fourth-order valence-corrected chi connectivity index (χ4v) is 4.57. The van der Waals surface area contributed by atoms with Crippen molar-refractivity contribution in [1.82, 2.24) is 19.7 Å². The summed E-state index contributed by atoms with van der Waals surface area (Å²) in [6, 6.07) is 5.83. The smallest absolute Gasteiger partial charge is 0.405 e. The highest BCUT2D eigenvalue weighted by Gasteiger charge is 2.41. The summed E-state index contributed by atoms with van der Waals surface area (Å²) in [6.45, 7) is 6.48. The van der Waals surface area contributed by atoms with Crippen LogP contribution in [0.5, 0.6) is 0 Å². The van der Waals surface area contributed by atoms with Crippen LogP contribution in [0.25, 0.3) is 11.3 Å². The first kappa shape index (κ1) is 27.0. The molecule has 0 saturated carbocycles. The number of carbonyl (C=O) groups is 3. The molecule has 2 amide bonds. The number of hydrogen-bond acceptors (Lipinski definition) is 8. The van der Waals surface area contributed by atoms with E-state index in [1.165, 1.54) is 17.5 Å². The van der Waals surface area contributed by atoms with Crippen LogP contribution in [0.1, 0.15) is 46.5 Å². The first-order valence-corrected chi connectivity index (χ1v) is 12.7. The van der Waals surface area contributed by atoms with Crippen molar-refractivity contribution in [2.24, 2.45) is 17.1 Å². The molecule has 3 rings (SSSR count). The molecule has 0 aliphatic heterocycles. The lowest BCUT2D eigenvalue weighted by Gasteiger charge is -2.32. The van der Waals surface area contributed by atoms with Gasteiger partial charge in [-0.15, -0.1) is 11.3 Å².